The normalized spacial score (nSPS) is 14.6. The number of amides is 5. The zero-order valence-corrected chi connectivity index (χ0v) is 21.6. The Labute approximate surface area is 228 Å². The molecule has 5 rings (SSSR count). The van der Waals surface area contributed by atoms with E-state index in [0.29, 0.717) is 40.9 Å². The zero-order valence-electron chi connectivity index (χ0n) is 20.8. The number of anilines is 2. The fourth-order valence-corrected chi connectivity index (χ4v) is 4.44. The SMILES string of the molecule is CC(=O)Nc1ccc(OCCn2cc(/C=C3/C(=O)NC(=O)N(c4ccc(Cl)cc4)C3=O)c3ccccc32)cc1. The number of barbiturate groups is 1. The summed E-state index contributed by atoms with van der Waals surface area (Å²) >= 11 is 5.94. The monoisotopic (exact) mass is 542 g/mol. The minimum absolute atomic E-state index is 0.148. The average Bonchev–Trinajstić information content (AvgIpc) is 3.25. The van der Waals surface area contributed by atoms with Crippen LogP contribution in [-0.2, 0) is 20.9 Å². The van der Waals surface area contributed by atoms with Gasteiger partial charge in [0.2, 0.25) is 5.91 Å². The highest BCUT2D eigenvalue weighted by atomic mass is 35.5. The molecular formula is C29H23ClN4O5. The van der Waals surface area contributed by atoms with Crippen LogP contribution in [0.25, 0.3) is 17.0 Å². The topological polar surface area (TPSA) is 110 Å². The predicted molar refractivity (Wildman–Crippen MR) is 149 cm³/mol. The van der Waals surface area contributed by atoms with E-state index in [1.165, 1.54) is 25.1 Å². The number of halogens is 1. The number of nitrogens with zero attached hydrogens (tertiary/aromatic N) is 2. The molecule has 4 aromatic rings. The van der Waals surface area contributed by atoms with Gasteiger partial charge >= 0.3 is 6.03 Å². The van der Waals surface area contributed by atoms with Crippen LogP contribution in [0.2, 0.25) is 5.02 Å². The summed E-state index contributed by atoms with van der Waals surface area (Å²) in [4.78, 5) is 50.6. The molecule has 10 heteroatoms. The van der Waals surface area contributed by atoms with Crippen molar-refractivity contribution in [3.63, 3.8) is 0 Å². The van der Waals surface area contributed by atoms with E-state index >= 15 is 0 Å². The van der Waals surface area contributed by atoms with Crippen molar-refractivity contribution in [2.45, 2.75) is 13.5 Å². The molecule has 1 saturated heterocycles. The first-order chi connectivity index (χ1) is 18.8. The number of urea groups is 1. The van der Waals surface area contributed by atoms with Gasteiger partial charge in [0.15, 0.2) is 0 Å². The number of carbonyl (C=O) groups excluding carboxylic acids is 4. The van der Waals surface area contributed by atoms with Gasteiger partial charge in [-0.3, -0.25) is 19.7 Å². The summed E-state index contributed by atoms with van der Waals surface area (Å²) < 4.78 is 7.85. The summed E-state index contributed by atoms with van der Waals surface area (Å²) in [6.07, 6.45) is 3.33. The first kappa shape index (κ1) is 25.7. The van der Waals surface area contributed by atoms with Crippen LogP contribution in [0.1, 0.15) is 12.5 Å². The maximum absolute atomic E-state index is 13.3. The van der Waals surface area contributed by atoms with Crippen molar-refractivity contribution in [2.75, 3.05) is 16.8 Å². The Balaban J connectivity index is 1.38. The smallest absolute Gasteiger partial charge is 0.335 e. The third kappa shape index (κ3) is 5.53. The number of para-hydroxylation sites is 1. The molecule has 196 valence electrons. The van der Waals surface area contributed by atoms with Gasteiger partial charge in [-0.25, -0.2) is 9.69 Å². The molecule has 0 aliphatic carbocycles. The Bertz CT molecular complexity index is 1620. The molecule has 0 radical (unpaired) electrons. The Morgan fingerprint density at radius 2 is 1.72 bits per heavy atom. The highest BCUT2D eigenvalue weighted by Gasteiger charge is 2.37. The minimum Gasteiger partial charge on any atom is -0.492 e. The van der Waals surface area contributed by atoms with Crippen molar-refractivity contribution in [1.82, 2.24) is 9.88 Å². The van der Waals surface area contributed by atoms with Gasteiger partial charge in [0, 0.05) is 40.3 Å². The summed E-state index contributed by atoms with van der Waals surface area (Å²) in [5, 5.41) is 6.24. The second-order valence-electron chi connectivity index (χ2n) is 8.78. The van der Waals surface area contributed by atoms with E-state index in [1.807, 2.05) is 35.0 Å². The maximum atomic E-state index is 13.3. The second-order valence-corrected chi connectivity index (χ2v) is 9.22. The van der Waals surface area contributed by atoms with Crippen LogP contribution in [0.15, 0.2) is 84.6 Å². The Hall–Kier alpha value is -4.89. The molecule has 0 bridgehead atoms. The van der Waals surface area contributed by atoms with Gasteiger partial charge in [-0.15, -0.1) is 0 Å². The van der Waals surface area contributed by atoms with Gasteiger partial charge in [-0.1, -0.05) is 29.8 Å². The number of benzene rings is 3. The molecule has 0 spiro atoms. The molecule has 0 atom stereocenters. The van der Waals surface area contributed by atoms with Crippen LogP contribution in [0.3, 0.4) is 0 Å². The van der Waals surface area contributed by atoms with Crippen LogP contribution >= 0.6 is 11.6 Å². The van der Waals surface area contributed by atoms with E-state index in [4.69, 9.17) is 16.3 Å². The summed E-state index contributed by atoms with van der Waals surface area (Å²) in [5.74, 6) is -0.989. The lowest BCUT2D eigenvalue weighted by Crippen LogP contribution is -2.54. The summed E-state index contributed by atoms with van der Waals surface area (Å²) in [6, 6.07) is 20.0. The lowest BCUT2D eigenvalue weighted by molar-refractivity contribution is -0.122. The van der Waals surface area contributed by atoms with Gasteiger partial charge in [0.25, 0.3) is 11.8 Å². The van der Waals surface area contributed by atoms with Gasteiger partial charge in [-0.05, 0) is 60.7 Å². The Morgan fingerprint density at radius 1 is 1.00 bits per heavy atom. The number of rotatable bonds is 7. The van der Waals surface area contributed by atoms with Crippen LogP contribution in [-0.4, -0.2) is 34.9 Å². The number of hydrogen-bond acceptors (Lipinski definition) is 5. The summed E-state index contributed by atoms with van der Waals surface area (Å²) in [7, 11) is 0. The molecule has 0 saturated carbocycles. The van der Waals surface area contributed by atoms with Crippen molar-refractivity contribution in [3.8, 4) is 5.75 Å². The van der Waals surface area contributed by atoms with Crippen molar-refractivity contribution in [2.24, 2.45) is 0 Å². The van der Waals surface area contributed by atoms with E-state index in [1.54, 1.807) is 36.4 Å². The molecule has 2 heterocycles. The molecule has 0 unspecified atom stereocenters. The molecule has 39 heavy (non-hydrogen) atoms. The third-order valence-corrected chi connectivity index (χ3v) is 6.33. The lowest BCUT2D eigenvalue weighted by Gasteiger charge is -2.26. The Morgan fingerprint density at radius 3 is 2.44 bits per heavy atom. The Kier molecular flexibility index (Phi) is 7.16. The van der Waals surface area contributed by atoms with Crippen LogP contribution < -0.4 is 20.3 Å². The number of nitrogens with one attached hydrogen (secondary N) is 2. The fourth-order valence-electron chi connectivity index (χ4n) is 4.31. The van der Waals surface area contributed by atoms with E-state index < -0.39 is 17.8 Å². The lowest BCUT2D eigenvalue weighted by atomic mass is 10.1. The van der Waals surface area contributed by atoms with E-state index in [2.05, 4.69) is 10.6 Å². The van der Waals surface area contributed by atoms with Gasteiger partial charge in [-0.2, -0.15) is 0 Å². The number of aromatic nitrogens is 1. The average molecular weight is 543 g/mol. The molecule has 1 fully saturated rings. The molecule has 1 aliphatic heterocycles. The first-order valence-corrected chi connectivity index (χ1v) is 12.4. The highest BCUT2D eigenvalue weighted by Crippen LogP contribution is 2.27. The largest absolute Gasteiger partial charge is 0.492 e. The summed E-state index contributed by atoms with van der Waals surface area (Å²) in [6.45, 7) is 2.29. The molecular weight excluding hydrogens is 520 g/mol. The highest BCUT2D eigenvalue weighted by molar-refractivity contribution is 6.39. The summed E-state index contributed by atoms with van der Waals surface area (Å²) in [5.41, 5.74) is 2.35. The van der Waals surface area contributed by atoms with Gasteiger partial charge in [0.05, 0.1) is 12.2 Å². The second kappa shape index (κ2) is 10.8. The van der Waals surface area contributed by atoms with Crippen LogP contribution in [0.5, 0.6) is 5.75 Å². The maximum Gasteiger partial charge on any atom is 0.335 e. The molecule has 1 aliphatic rings. The van der Waals surface area contributed by atoms with Gasteiger partial charge in [0.1, 0.15) is 17.9 Å². The van der Waals surface area contributed by atoms with E-state index in [9.17, 15) is 19.2 Å². The number of carbonyl (C=O) groups is 4. The van der Waals surface area contributed by atoms with Gasteiger partial charge < -0.3 is 14.6 Å². The molecule has 9 nitrogen and oxygen atoms in total. The standard InChI is InChI=1S/C29H23ClN4O5/c1-18(35)31-21-8-12-23(13-9-21)39-15-14-33-17-19(24-4-2-3-5-26(24)33)16-25-27(36)32-29(38)34(28(25)37)22-10-6-20(30)7-11-22/h2-13,16-17H,14-15H2,1H3,(H,31,35)(H,32,36,38)/b25-16-. The van der Waals surface area contributed by atoms with Crippen molar-refractivity contribution >= 4 is 63.7 Å². The van der Waals surface area contributed by atoms with Crippen LogP contribution in [0.4, 0.5) is 16.2 Å². The zero-order chi connectivity index (χ0) is 27.5. The van der Waals surface area contributed by atoms with E-state index in [0.717, 1.165) is 15.8 Å². The predicted octanol–water partition coefficient (Wildman–Crippen LogP) is 5.00. The molecule has 3 aromatic carbocycles. The van der Waals surface area contributed by atoms with Crippen molar-refractivity contribution < 1.29 is 23.9 Å². The molecule has 5 amide bonds. The van der Waals surface area contributed by atoms with Crippen molar-refractivity contribution in [1.29, 1.82) is 0 Å². The van der Waals surface area contributed by atoms with Crippen LogP contribution in [0, 0.1) is 0 Å². The van der Waals surface area contributed by atoms with Crippen molar-refractivity contribution in [3.05, 3.63) is 95.2 Å². The third-order valence-electron chi connectivity index (χ3n) is 6.08. The van der Waals surface area contributed by atoms with E-state index in [-0.39, 0.29) is 11.5 Å². The minimum atomic E-state index is -0.825. The molecule has 2 N–H and O–H groups in total. The fraction of sp³-hybridized carbons (Fsp3) is 0.103. The number of hydrogen-bond donors (Lipinski definition) is 2. The first-order valence-electron chi connectivity index (χ1n) is 12.1. The quantitative estimate of drug-likeness (QED) is 0.252. The number of imide groups is 2. The molecule has 1 aromatic heterocycles. The number of fused-ring (bicyclic) bond motifs is 1. The number of ether oxygens (including phenoxy) is 1.